The summed E-state index contributed by atoms with van der Waals surface area (Å²) in [5.41, 5.74) is 1.13. The van der Waals surface area contributed by atoms with Crippen molar-refractivity contribution < 1.29 is 13.2 Å². The van der Waals surface area contributed by atoms with Crippen LogP contribution in [-0.4, -0.2) is 65.7 Å². The third-order valence-corrected chi connectivity index (χ3v) is 7.17. The fraction of sp³-hybridized carbons (Fsp3) is 0.524. The number of nitrogens with one attached hydrogen (secondary N) is 2. The second-order valence-electron chi connectivity index (χ2n) is 7.73. The molecule has 1 aliphatic carbocycles. The van der Waals surface area contributed by atoms with Gasteiger partial charge in [0, 0.05) is 57.4 Å². The zero-order chi connectivity index (χ0) is 20.1. The van der Waals surface area contributed by atoms with E-state index in [4.69, 9.17) is 4.74 Å². The predicted octanol–water partition coefficient (Wildman–Crippen LogP) is 1.66. The second-order valence-corrected chi connectivity index (χ2v) is 9.55. The van der Waals surface area contributed by atoms with Gasteiger partial charge in [0.05, 0.1) is 4.91 Å². The molecule has 2 saturated heterocycles. The second kappa shape index (κ2) is 9.30. The molecule has 2 heterocycles. The number of ether oxygens (including phenoxy) is 1. The van der Waals surface area contributed by atoms with Gasteiger partial charge in [-0.3, -0.25) is 0 Å². The van der Waals surface area contributed by atoms with E-state index in [1.807, 2.05) is 18.2 Å². The zero-order valence-electron chi connectivity index (χ0n) is 16.8. The smallest absolute Gasteiger partial charge is 0.237 e. The molecule has 4 rings (SSSR count). The summed E-state index contributed by atoms with van der Waals surface area (Å²) >= 11 is 0. The quantitative estimate of drug-likeness (QED) is 0.669. The molecular formula is C21H30N4O3S. The largest absolute Gasteiger partial charge is 0.461 e. The highest BCUT2D eigenvalue weighted by molar-refractivity contribution is 7.93. The molecule has 1 aromatic carbocycles. The highest BCUT2D eigenvalue weighted by Crippen LogP contribution is 2.28. The van der Waals surface area contributed by atoms with E-state index < -0.39 is 10.0 Å². The maximum Gasteiger partial charge on any atom is 0.237 e. The van der Waals surface area contributed by atoms with E-state index in [2.05, 4.69) is 25.9 Å². The Bertz CT molecular complexity index is 870. The van der Waals surface area contributed by atoms with Gasteiger partial charge in [-0.25, -0.2) is 13.1 Å². The van der Waals surface area contributed by atoms with Crippen LogP contribution in [0.3, 0.4) is 0 Å². The summed E-state index contributed by atoms with van der Waals surface area (Å²) in [6.45, 7) is 7.25. The average Bonchev–Trinajstić information content (AvgIpc) is 3.41. The van der Waals surface area contributed by atoms with E-state index >= 15 is 0 Å². The molecule has 2 N–H and O–H groups in total. The van der Waals surface area contributed by atoms with Crippen molar-refractivity contribution in [3.8, 4) is 5.75 Å². The number of likely N-dealkylation sites (tertiary alicyclic amines) is 1. The minimum absolute atomic E-state index is 0.289. The normalized spacial score (nSPS) is 20.6. The van der Waals surface area contributed by atoms with Crippen molar-refractivity contribution in [3.05, 3.63) is 47.1 Å². The molecule has 0 bridgehead atoms. The standard InChI is InChI=1S/C21H30N4O3S/c26-29(27,23-10-13-24-11-1-2-12-24)21-7-6-20(17-21)28-19-5-3-4-18(16-19)25-14-8-22-9-15-25/h3-7,16,22-23H,1-2,8-15,17H2. The van der Waals surface area contributed by atoms with Crippen molar-refractivity contribution in [2.75, 3.05) is 57.3 Å². The molecule has 2 aliphatic heterocycles. The Labute approximate surface area is 173 Å². The minimum atomic E-state index is -3.47. The number of benzene rings is 1. The fourth-order valence-corrected chi connectivity index (χ4v) is 5.11. The van der Waals surface area contributed by atoms with Gasteiger partial charge < -0.3 is 19.9 Å². The predicted molar refractivity (Wildman–Crippen MR) is 116 cm³/mol. The van der Waals surface area contributed by atoms with Crippen LogP contribution in [0.2, 0.25) is 0 Å². The Morgan fingerprint density at radius 3 is 2.66 bits per heavy atom. The molecule has 0 amide bonds. The van der Waals surface area contributed by atoms with Crippen molar-refractivity contribution in [2.45, 2.75) is 19.3 Å². The Hall–Kier alpha value is -1.87. The van der Waals surface area contributed by atoms with E-state index in [1.165, 1.54) is 12.8 Å². The molecule has 1 aromatic rings. The first-order valence-electron chi connectivity index (χ1n) is 10.5. The summed E-state index contributed by atoms with van der Waals surface area (Å²) in [6.07, 6.45) is 6.11. The van der Waals surface area contributed by atoms with Crippen molar-refractivity contribution in [1.29, 1.82) is 0 Å². The van der Waals surface area contributed by atoms with Crippen LogP contribution in [0, 0.1) is 0 Å². The molecule has 7 nitrogen and oxygen atoms in total. The van der Waals surface area contributed by atoms with Crippen molar-refractivity contribution in [3.63, 3.8) is 0 Å². The molecule has 0 saturated carbocycles. The number of anilines is 1. The van der Waals surface area contributed by atoms with Gasteiger partial charge >= 0.3 is 0 Å². The lowest BCUT2D eigenvalue weighted by Crippen LogP contribution is -2.43. The number of sulfonamides is 1. The van der Waals surface area contributed by atoms with Gasteiger partial charge in [0.15, 0.2) is 0 Å². The van der Waals surface area contributed by atoms with Crippen LogP contribution in [0.1, 0.15) is 19.3 Å². The lowest BCUT2D eigenvalue weighted by atomic mass is 10.2. The average molecular weight is 419 g/mol. The summed E-state index contributed by atoms with van der Waals surface area (Å²) in [6, 6.07) is 7.99. The Balaban J connectivity index is 1.28. The molecule has 29 heavy (non-hydrogen) atoms. The molecule has 0 spiro atoms. The number of hydrogen-bond acceptors (Lipinski definition) is 6. The first-order valence-corrected chi connectivity index (χ1v) is 11.9. The van der Waals surface area contributed by atoms with Crippen LogP contribution < -0.4 is 19.7 Å². The molecule has 0 aromatic heterocycles. The summed E-state index contributed by atoms with van der Waals surface area (Å²) in [5.74, 6) is 1.39. The summed E-state index contributed by atoms with van der Waals surface area (Å²) in [7, 11) is -3.47. The monoisotopic (exact) mass is 418 g/mol. The van der Waals surface area contributed by atoms with Crippen molar-refractivity contribution in [1.82, 2.24) is 14.9 Å². The molecule has 2 fully saturated rings. The first-order chi connectivity index (χ1) is 14.1. The third-order valence-electron chi connectivity index (χ3n) is 5.62. The van der Waals surface area contributed by atoms with Crippen LogP contribution in [-0.2, 0) is 10.0 Å². The fourth-order valence-electron chi connectivity index (χ4n) is 3.99. The van der Waals surface area contributed by atoms with Crippen LogP contribution in [0.4, 0.5) is 5.69 Å². The third kappa shape index (κ3) is 5.39. The molecular weight excluding hydrogens is 388 g/mol. The van der Waals surface area contributed by atoms with E-state index in [1.54, 1.807) is 12.2 Å². The number of nitrogens with zero attached hydrogens (tertiary/aromatic N) is 2. The van der Waals surface area contributed by atoms with Gasteiger partial charge in [0.25, 0.3) is 0 Å². The lowest BCUT2D eigenvalue weighted by Gasteiger charge is -2.29. The molecule has 0 radical (unpaired) electrons. The number of piperazine rings is 1. The van der Waals surface area contributed by atoms with Crippen molar-refractivity contribution in [2.24, 2.45) is 0 Å². The van der Waals surface area contributed by atoms with Crippen molar-refractivity contribution >= 4 is 15.7 Å². The van der Waals surface area contributed by atoms with Gasteiger partial charge in [-0.15, -0.1) is 0 Å². The molecule has 3 aliphatic rings. The SMILES string of the molecule is O=S(=O)(NCCN1CCCC1)C1=CC=C(Oc2cccc(N3CCNCC3)c2)C1. The maximum absolute atomic E-state index is 12.6. The van der Waals surface area contributed by atoms with Gasteiger partial charge in [0.2, 0.25) is 10.0 Å². The van der Waals surface area contributed by atoms with Gasteiger partial charge in [-0.05, 0) is 50.2 Å². The Morgan fingerprint density at radius 2 is 1.86 bits per heavy atom. The summed E-state index contributed by atoms with van der Waals surface area (Å²) < 4.78 is 33.8. The Morgan fingerprint density at radius 1 is 1.07 bits per heavy atom. The molecule has 158 valence electrons. The maximum atomic E-state index is 12.6. The highest BCUT2D eigenvalue weighted by Gasteiger charge is 2.23. The molecule has 0 atom stereocenters. The highest BCUT2D eigenvalue weighted by atomic mass is 32.2. The first kappa shape index (κ1) is 20.4. The van der Waals surface area contributed by atoms with E-state index in [9.17, 15) is 8.42 Å². The molecule has 8 heteroatoms. The van der Waals surface area contributed by atoms with Crippen LogP contribution >= 0.6 is 0 Å². The van der Waals surface area contributed by atoms with E-state index in [-0.39, 0.29) is 6.42 Å². The topological polar surface area (TPSA) is 73.9 Å². The summed E-state index contributed by atoms with van der Waals surface area (Å²) in [4.78, 5) is 4.99. The van der Waals surface area contributed by atoms with Gasteiger partial charge in [-0.1, -0.05) is 6.07 Å². The van der Waals surface area contributed by atoms with E-state index in [0.29, 0.717) is 17.2 Å². The Kier molecular flexibility index (Phi) is 6.54. The number of hydrogen-bond donors (Lipinski definition) is 2. The lowest BCUT2D eigenvalue weighted by molar-refractivity contribution is 0.344. The van der Waals surface area contributed by atoms with Crippen LogP contribution in [0.15, 0.2) is 47.1 Å². The number of rotatable bonds is 8. The van der Waals surface area contributed by atoms with E-state index in [0.717, 1.165) is 57.3 Å². The van der Waals surface area contributed by atoms with Gasteiger partial charge in [-0.2, -0.15) is 0 Å². The van der Waals surface area contributed by atoms with Gasteiger partial charge in [0.1, 0.15) is 11.5 Å². The van der Waals surface area contributed by atoms with Crippen LogP contribution in [0.5, 0.6) is 5.75 Å². The summed E-state index contributed by atoms with van der Waals surface area (Å²) in [5, 5.41) is 3.35. The minimum Gasteiger partial charge on any atom is -0.461 e. The number of allylic oxidation sites excluding steroid dienone is 3. The molecule has 0 unspecified atom stereocenters. The van der Waals surface area contributed by atoms with Crippen LogP contribution in [0.25, 0.3) is 0 Å². The zero-order valence-corrected chi connectivity index (χ0v) is 17.6.